The van der Waals surface area contributed by atoms with Crippen molar-refractivity contribution in [2.24, 2.45) is 5.73 Å². The van der Waals surface area contributed by atoms with Gasteiger partial charge in [-0.05, 0) is 24.7 Å². The van der Waals surface area contributed by atoms with Crippen molar-refractivity contribution in [3.63, 3.8) is 0 Å². The number of nitrogens with zero attached hydrogens (tertiary/aromatic N) is 3. The molecule has 0 saturated carbocycles. The van der Waals surface area contributed by atoms with E-state index >= 15 is 0 Å². The highest BCUT2D eigenvalue weighted by atomic mass is 15.2. The van der Waals surface area contributed by atoms with Gasteiger partial charge in [0.2, 0.25) is 0 Å². The van der Waals surface area contributed by atoms with Crippen LogP contribution in [-0.4, -0.2) is 61.1 Å². The summed E-state index contributed by atoms with van der Waals surface area (Å²) in [5.41, 5.74) is 7.20. The molecule has 0 bridgehead atoms. The second-order valence-electron chi connectivity index (χ2n) is 4.82. The highest BCUT2D eigenvalue weighted by Gasteiger charge is 2.18. The second kappa shape index (κ2) is 6.10. The quantitative estimate of drug-likeness (QED) is 0.817. The average molecular weight is 234 g/mol. The van der Waals surface area contributed by atoms with Crippen LogP contribution in [0, 0.1) is 0 Å². The highest BCUT2D eigenvalue weighted by molar-refractivity contribution is 5.16. The number of aromatic nitrogens is 1. The minimum Gasteiger partial charge on any atom is -0.330 e. The van der Waals surface area contributed by atoms with Crippen LogP contribution in [-0.2, 0) is 0 Å². The Hall–Kier alpha value is -0.970. The number of hydrogen-bond donors (Lipinski definition) is 1. The second-order valence-corrected chi connectivity index (χ2v) is 4.82. The van der Waals surface area contributed by atoms with E-state index in [0.717, 1.165) is 32.7 Å². The van der Waals surface area contributed by atoms with Crippen molar-refractivity contribution in [3.05, 3.63) is 30.1 Å². The summed E-state index contributed by atoms with van der Waals surface area (Å²) < 4.78 is 0. The summed E-state index contributed by atoms with van der Waals surface area (Å²) in [6.07, 6.45) is 3.70. The maximum absolute atomic E-state index is 5.89. The molecule has 4 heteroatoms. The molecule has 17 heavy (non-hydrogen) atoms. The van der Waals surface area contributed by atoms with E-state index in [1.807, 2.05) is 12.4 Å². The molecule has 2 heterocycles. The van der Waals surface area contributed by atoms with Crippen molar-refractivity contribution < 1.29 is 0 Å². The molecule has 1 fully saturated rings. The van der Waals surface area contributed by atoms with Gasteiger partial charge in [0.25, 0.3) is 0 Å². The van der Waals surface area contributed by atoms with Gasteiger partial charge in [-0.15, -0.1) is 0 Å². The minimum atomic E-state index is 0.432. The SMILES string of the molecule is CN1CCN(CC(CN)c2ccncc2)CC1. The summed E-state index contributed by atoms with van der Waals surface area (Å²) in [4.78, 5) is 8.94. The molecule has 0 spiro atoms. The van der Waals surface area contributed by atoms with Gasteiger partial charge in [-0.3, -0.25) is 4.98 Å². The van der Waals surface area contributed by atoms with E-state index < -0.39 is 0 Å². The summed E-state index contributed by atoms with van der Waals surface area (Å²) in [5.74, 6) is 0.432. The third-order valence-electron chi connectivity index (χ3n) is 3.54. The summed E-state index contributed by atoms with van der Waals surface area (Å²) in [5, 5.41) is 0. The van der Waals surface area contributed by atoms with Gasteiger partial charge in [0, 0.05) is 57.6 Å². The van der Waals surface area contributed by atoms with Crippen LogP contribution in [0.5, 0.6) is 0 Å². The molecule has 94 valence electrons. The Labute approximate surface area is 103 Å². The van der Waals surface area contributed by atoms with Crippen LogP contribution in [0.1, 0.15) is 11.5 Å². The summed E-state index contributed by atoms with van der Waals surface area (Å²) in [7, 11) is 2.18. The van der Waals surface area contributed by atoms with Crippen LogP contribution in [0.15, 0.2) is 24.5 Å². The highest BCUT2D eigenvalue weighted by Crippen LogP contribution is 2.15. The molecular weight excluding hydrogens is 212 g/mol. The molecule has 0 amide bonds. The van der Waals surface area contributed by atoms with Gasteiger partial charge >= 0.3 is 0 Å². The van der Waals surface area contributed by atoms with Gasteiger partial charge in [0.05, 0.1) is 0 Å². The van der Waals surface area contributed by atoms with E-state index in [0.29, 0.717) is 12.5 Å². The molecule has 2 N–H and O–H groups in total. The molecule has 1 unspecified atom stereocenters. The number of likely N-dealkylation sites (N-methyl/N-ethyl adjacent to an activating group) is 1. The monoisotopic (exact) mass is 234 g/mol. The Balaban J connectivity index is 1.92. The fraction of sp³-hybridized carbons (Fsp3) is 0.615. The van der Waals surface area contributed by atoms with Crippen molar-refractivity contribution in [2.45, 2.75) is 5.92 Å². The fourth-order valence-electron chi connectivity index (χ4n) is 2.29. The first-order valence-corrected chi connectivity index (χ1v) is 6.30. The van der Waals surface area contributed by atoms with Crippen LogP contribution >= 0.6 is 0 Å². The molecule has 0 radical (unpaired) electrons. The van der Waals surface area contributed by atoms with E-state index in [9.17, 15) is 0 Å². The zero-order chi connectivity index (χ0) is 12.1. The molecule has 1 aliphatic rings. The first-order chi connectivity index (χ1) is 8.29. The predicted molar refractivity (Wildman–Crippen MR) is 70.0 cm³/mol. The van der Waals surface area contributed by atoms with E-state index in [2.05, 4.69) is 34.0 Å². The van der Waals surface area contributed by atoms with Gasteiger partial charge in [0.15, 0.2) is 0 Å². The molecule has 1 atom stereocenters. The Bertz CT molecular complexity index is 319. The molecule has 4 nitrogen and oxygen atoms in total. The Kier molecular flexibility index (Phi) is 4.48. The largest absolute Gasteiger partial charge is 0.330 e. The van der Waals surface area contributed by atoms with Crippen molar-refractivity contribution in [2.75, 3.05) is 46.3 Å². The van der Waals surface area contributed by atoms with Crippen molar-refractivity contribution in [1.29, 1.82) is 0 Å². The van der Waals surface area contributed by atoms with Crippen molar-refractivity contribution >= 4 is 0 Å². The Morgan fingerprint density at radius 2 is 1.88 bits per heavy atom. The van der Waals surface area contributed by atoms with Gasteiger partial charge < -0.3 is 15.5 Å². The number of nitrogens with two attached hydrogens (primary N) is 1. The van der Waals surface area contributed by atoms with E-state index in [4.69, 9.17) is 5.73 Å². The zero-order valence-corrected chi connectivity index (χ0v) is 10.5. The standard InChI is InChI=1S/C13H22N4/c1-16-6-8-17(9-7-16)11-13(10-14)12-2-4-15-5-3-12/h2-5,13H,6-11,14H2,1H3. The maximum atomic E-state index is 5.89. The number of piperazine rings is 1. The molecule has 1 saturated heterocycles. The minimum absolute atomic E-state index is 0.432. The third kappa shape index (κ3) is 3.49. The summed E-state index contributed by atoms with van der Waals surface area (Å²) in [6, 6.07) is 4.15. The number of pyridine rings is 1. The lowest BCUT2D eigenvalue weighted by Crippen LogP contribution is -2.46. The fourth-order valence-corrected chi connectivity index (χ4v) is 2.29. The lowest BCUT2D eigenvalue weighted by molar-refractivity contribution is 0.147. The van der Waals surface area contributed by atoms with E-state index in [1.165, 1.54) is 5.56 Å². The molecule has 1 aliphatic heterocycles. The van der Waals surface area contributed by atoms with Crippen molar-refractivity contribution in [3.8, 4) is 0 Å². The molecule has 1 aromatic rings. The van der Waals surface area contributed by atoms with Crippen LogP contribution < -0.4 is 5.73 Å². The molecule has 2 rings (SSSR count). The smallest absolute Gasteiger partial charge is 0.0270 e. The molecule has 0 aromatic carbocycles. The van der Waals surface area contributed by atoms with Crippen LogP contribution in [0.3, 0.4) is 0 Å². The number of hydrogen-bond acceptors (Lipinski definition) is 4. The first-order valence-electron chi connectivity index (χ1n) is 6.30. The first kappa shape index (κ1) is 12.5. The zero-order valence-electron chi connectivity index (χ0n) is 10.5. The normalized spacial score (nSPS) is 20.4. The van der Waals surface area contributed by atoms with Gasteiger partial charge in [-0.1, -0.05) is 0 Å². The van der Waals surface area contributed by atoms with Crippen LogP contribution in [0.25, 0.3) is 0 Å². The van der Waals surface area contributed by atoms with Gasteiger partial charge in [-0.2, -0.15) is 0 Å². The average Bonchev–Trinajstić information content (AvgIpc) is 2.39. The Morgan fingerprint density at radius 3 is 2.47 bits per heavy atom. The molecular formula is C13H22N4. The lowest BCUT2D eigenvalue weighted by atomic mass is 9.99. The third-order valence-corrected chi connectivity index (χ3v) is 3.54. The lowest BCUT2D eigenvalue weighted by Gasteiger charge is -2.34. The van der Waals surface area contributed by atoms with Gasteiger partial charge in [-0.25, -0.2) is 0 Å². The topological polar surface area (TPSA) is 45.4 Å². The molecule has 0 aliphatic carbocycles. The van der Waals surface area contributed by atoms with Crippen LogP contribution in [0.2, 0.25) is 0 Å². The van der Waals surface area contributed by atoms with Crippen molar-refractivity contribution in [1.82, 2.24) is 14.8 Å². The summed E-state index contributed by atoms with van der Waals surface area (Å²) >= 11 is 0. The molecule has 1 aromatic heterocycles. The summed E-state index contributed by atoms with van der Waals surface area (Å²) in [6.45, 7) is 6.39. The van der Waals surface area contributed by atoms with Gasteiger partial charge in [0.1, 0.15) is 0 Å². The van der Waals surface area contributed by atoms with E-state index in [1.54, 1.807) is 0 Å². The van der Waals surface area contributed by atoms with Crippen LogP contribution in [0.4, 0.5) is 0 Å². The predicted octanol–water partition coefficient (Wildman–Crippen LogP) is 0.371. The number of rotatable bonds is 4. The maximum Gasteiger partial charge on any atom is 0.0270 e. The Morgan fingerprint density at radius 1 is 1.24 bits per heavy atom. The van der Waals surface area contributed by atoms with E-state index in [-0.39, 0.29) is 0 Å².